The maximum absolute atomic E-state index is 11.9. The number of aromatic carboxylic acids is 1. The zero-order valence-corrected chi connectivity index (χ0v) is 10.9. The minimum Gasteiger partial charge on any atom is -0.478 e. The molecule has 0 unspecified atom stereocenters. The highest BCUT2D eigenvalue weighted by Crippen LogP contribution is 2.23. The fourth-order valence-electron chi connectivity index (χ4n) is 1.48. The van der Waals surface area contributed by atoms with Crippen molar-refractivity contribution in [3.63, 3.8) is 0 Å². The van der Waals surface area contributed by atoms with Crippen LogP contribution in [0.1, 0.15) is 47.1 Å². The van der Waals surface area contributed by atoms with E-state index in [0.29, 0.717) is 5.56 Å². The largest absolute Gasteiger partial charge is 0.478 e. The molecule has 1 rings (SSSR count). The molecule has 0 aliphatic rings. The predicted octanol–water partition coefficient (Wildman–Crippen LogP) is 2.23. The van der Waals surface area contributed by atoms with Crippen molar-refractivity contribution in [2.24, 2.45) is 0 Å². The van der Waals surface area contributed by atoms with Gasteiger partial charge < -0.3 is 15.6 Å². The number of carboxylic acids is 1. The summed E-state index contributed by atoms with van der Waals surface area (Å²) in [5, 5.41) is 9.00. The highest BCUT2D eigenvalue weighted by molar-refractivity contribution is 6.03. The molecule has 0 bridgehead atoms. The summed E-state index contributed by atoms with van der Waals surface area (Å²) in [6.07, 6.45) is 0. The van der Waals surface area contributed by atoms with Crippen LogP contribution in [0.15, 0.2) is 12.1 Å². The van der Waals surface area contributed by atoms with E-state index in [1.165, 1.54) is 12.1 Å². The Kier molecular flexibility index (Phi) is 3.65. The number of benzene rings is 1. The summed E-state index contributed by atoms with van der Waals surface area (Å²) in [6, 6.07) is 2.95. The Balaban J connectivity index is 3.25. The minimum absolute atomic E-state index is 0.0673. The van der Waals surface area contributed by atoms with Crippen molar-refractivity contribution in [1.82, 2.24) is 0 Å². The Morgan fingerprint density at radius 1 is 1.22 bits per heavy atom. The summed E-state index contributed by atoms with van der Waals surface area (Å²) < 4.78 is 5.18. The Hall–Kier alpha value is -2.04. The molecule has 0 amide bonds. The Morgan fingerprint density at radius 2 is 1.72 bits per heavy atom. The maximum atomic E-state index is 11.9. The average molecular weight is 251 g/mol. The van der Waals surface area contributed by atoms with Crippen LogP contribution < -0.4 is 5.73 Å². The smallest absolute Gasteiger partial charge is 0.340 e. The summed E-state index contributed by atoms with van der Waals surface area (Å²) >= 11 is 0. The molecule has 0 saturated heterocycles. The first-order valence-electron chi connectivity index (χ1n) is 5.48. The SMILES string of the molecule is Cc1cc(C(=O)O)c(N)c(C(=O)OC(C)(C)C)c1. The average Bonchev–Trinajstić information content (AvgIpc) is 2.17. The number of rotatable bonds is 2. The molecule has 0 aromatic heterocycles. The second kappa shape index (κ2) is 4.68. The van der Waals surface area contributed by atoms with Gasteiger partial charge in [-0.1, -0.05) is 0 Å². The topological polar surface area (TPSA) is 89.6 Å². The number of nitrogens with two attached hydrogens (primary N) is 1. The van der Waals surface area contributed by atoms with E-state index in [0.717, 1.165) is 0 Å². The Labute approximate surface area is 106 Å². The van der Waals surface area contributed by atoms with Gasteiger partial charge in [-0.05, 0) is 45.4 Å². The molecule has 0 radical (unpaired) electrons. The van der Waals surface area contributed by atoms with E-state index in [1.807, 2.05) is 0 Å². The lowest BCUT2D eigenvalue weighted by molar-refractivity contribution is 0.00707. The van der Waals surface area contributed by atoms with E-state index in [9.17, 15) is 9.59 Å². The molecule has 98 valence electrons. The molecule has 3 N–H and O–H groups in total. The minimum atomic E-state index is -1.17. The molecule has 1 aromatic carbocycles. The molecule has 0 aliphatic carbocycles. The summed E-state index contributed by atoms with van der Waals surface area (Å²) in [7, 11) is 0. The van der Waals surface area contributed by atoms with Crippen molar-refractivity contribution < 1.29 is 19.4 Å². The van der Waals surface area contributed by atoms with Gasteiger partial charge in [0, 0.05) is 0 Å². The normalized spacial score (nSPS) is 11.1. The van der Waals surface area contributed by atoms with Crippen LogP contribution >= 0.6 is 0 Å². The molecule has 5 nitrogen and oxygen atoms in total. The molecular weight excluding hydrogens is 234 g/mol. The van der Waals surface area contributed by atoms with Gasteiger partial charge >= 0.3 is 11.9 Å². The first-order valence-corrected chi connectivity index (χ1v) is 5.48. The van der Waals surface area contributed by atoms with Crippen LogP contribution in [0.3, 0.4) is 0 Å². The van der Waals surface area contributed by atoms with Gasteiger partial charge in [0.2, 0.25) is 0 Å². The number of aryl methyl sites for hydroxylation is 1. The van der Waals surface area contributed by atoms with Gasteiger partial charge in [0.1, 0.15) is 5.60 Å². The molecule has 0 spiro atoms. The number of ether oxygens (including phenoxy) is 1. The van der Waals surface area contributed by atoms with Gasteiger partial charge in [0.15, 0.2) is 0 Å². The van der Waals surface area contributed by atoms with Gasteiger partial charge in [-0.3, -0.25) is 0 Å². The number of hydrogen-bond donors (Lipinski definition) is 2. The first kappa shape index (κ1) is 14.0. The lowest BCUT2D eigenvalue weighted by Gasteiger charge is -2.20. The van der Waals surface area contributed by atoms with Crippen molar-refractivity contribution in [2.45, 2.75) is 33.3 Å². The number of carbonyl (C=O) groups is 2. The number of carbonyl (C=O) groups excluding carboxylic acids is 1. The van der Waals surface area contributed by atoms with E-state index in [-0.39, 0.29) is 16.8 Å². The van der Waals surface area contributed by atoms with Gasteiger partial charge in [-0.15, -0.1) is 0 Å². The first-order chi connectivity index (χ1) is 8.11. The van der Waals surface area contributed by atoms with Crippen molar-refractivity contribution in [2.75, 3.05) is 5.73 Å². The molecule has 0 atom stereocenters. The summed E-state index contributed by atoms with van der Waals surface area (Å²) in [5.41, 5.74) is 5.61. The van der Waals surface area contributed by atoms with E-state index in [1.54, 1.807) is 27.7 Å². The van der Waals surface area contributed by atoms with Crippen LogP contribution in [0, 0.1) is 6.92 Å². The Bertz CT molecular complexity index is 500. The van der Waals surface area contributed by atoms with Crippen molar-refractivity contribution in [1.29, 1.82) is 0 Å². The second-order valence-corrected chi connectivity index (χ2v) is 5.08. The molecule has 0 fully saturated rings. The van der Waals surface area contributed by atoms with E-state index < -0.39 is 17.5 Å². The number of hydrogen-bond acceptors (Lipinski definition) is 4. The molecule has 0 aliphatic heterocycles. The van der Waals surface area contributed by atoms with Crippen LogP contribution in [0.4, 0.5) is 5.69 Å². The number of anilines is 1. The van der Waals surface area contributed by atoms with Crippen molar-refractivity contribution in [3.05, 3.63) is 28.8 Å². The lowest BCUT2D eigenvalue weighted by Crippen LogP contribution is -2.25. The molecule has 0 saturated carbocycles. The number of nitrogen functional groups attached to an aromatic ring is 1. The third kappa shape index (κ3) is 3.23. The molecule has 5 heteroatoms. The second-order valence-electron chi connectivity index (χ2n) is 5.08. The van der Waals surface area contributed by atoms with E-state index in [2.05, 4.69) is 0 Å². The third-order valence-corrected chi connectivity index (χ3v) is 2.17. The number of esters is 1. The van der Waals surface area contributed by atoms with Crippen LogP contribution in [0.2, 0.25) is 0 Å². The highest BCUT2D eigenvalue weighted by Gasteiger charge is 2.22. The van der Waals surface area contributed by atoms with Crippen molar-refractivity contribution in [3.8, 4) is 0 Å². The van der Waals surface area contributed by atoms with Crippen molar-refractivity contribution >= 4 is 17.6 Å². The predicted molar refractivity (Wildman–Crippen MR) is 67.7 cm³/mol. The zero-order chi connectivity index (χ0) is 14.1. The lowest BCUT2D eigenvalue weighted by atomic mass is 10.0. The van der Waals surface area contributed by atoms with Gasteiger partial charge in [-0.25, -0.2) is 9.59 Å². The molecular formula is C13H17NO4. The molecule has 18 heavy (non-hydrogen) atoms. The third-order valence-electron chi connectivity index (χ3n) is 2.17. The summed E-state index contributed by atoms with van der Waals surface area (Å²) in [5.74, 6) is -1.78. The fraction of sp³-hybridized carbons (Fsp3) is 0.385. The quantitative estimate of drug-likeness (QED) is 0.621. The fourth-order valence-corrected chi connectivity index (χ4v) is 1.48. The van der Waals surface area contributed by atoms with E-state index in [4.69, 9.17) is 15.6 Å². The van der Waals surface area contributed by atoms with Gasteiger partial charge in [0.25, 0.3) is 0 Å². The van der Waals surface area contributed by atoms with Crippen LogP contribution in [0.25, 0.3) is 0 Å². The van der Waals surface area contributed by atoms with Crippen LogP contribution in [0.5, 0.6) is 0 Å². The van der Waals surface area contributed by atoms with Crippen LogP contribution in [-0.2, 0) is 4.74 Å². The zero-order valence-electron chi connectivity index (χ0n) is 10.9. The monoisotopic (exact) mass is 251 g/mol. The standard InChI is InChI=1S/C13H17NO4/c1-7-5-8(11(15)16)10(14)9(6-7)12(17)18-13(2,3)4/h5-6H,14H2,1-4H3,(H,15,16). The van der Waals surface area contributed by atoms with Gasteiger partial charge in [0.05, 0.1) is 16.8 Å². The van der Waals surface area contributed by atoms with Crippen LogP contribution in [-0.4, -0.2) is 22.6 Å². The van der Waals surface area contributed by atoms with Gasteiger partial charge in [-0.2, -0.15) is 0 Å². The highest BCUT2D eigenvalue weighted by atomic mass is 16.6. The Morgan fingerprint density at radius 3 is 2.17 bits per heavy atom. The summed E-state index contributed by atoms with van der Waals surface area (Å²) in [6.45, 7) is 6.89. The molecule has 0 heterocycles. The van der Waals surface area contributed by atoms with E-state index >= 15 is 0 Å². The maximum Gasteiger partial charge on any atom is 0.340 e. The summed E-state index contributed by atoms with van der Waals surface area (Å²) in [4.78, 5) is 22.9. The number of carboxylic acid groups (broad SMARTS) is 1. The molecule has 1 aromatic rings.